The summed E-state index contributed by atoms with van der Waals surface area (Å²) in [4.78, 5) is 4.37. The fourth-order valence-electron chi connectivity index (χ4n) is 2.13. The highest BCUT2D eigenvalue weighted by Crippen LogP contribution is 2.23. The molecule has 0 radical (unpaired) electrons. The van der Waals surface area contributed by atoms with Gasteiger partial charge in [0.2, 0.25) is 0 Å². The number of hydrogen-bond donors (Lipinski definition) is 2. The number of pyridine rings is 1. The third-order valence-corrected chi connectivity index (χ3v) is 2.99. The van der Waals surface area contributed by atoms with Crippen LogP contribution in [0.1, 0.15) is 26.2 Å². The quantitative estimate of drug-likeness (QED) is 0.838. The van der Waals surface area contributed by atoms with E-state index in [0.717, 1.165) is 31.1 Å². The van der Waals surface area contributed by atoms with Crippen LogP contribution >= 0.6 is 0 Å². The average Bonchev–Trinajstić information content (AvgIpc) is 2.61. The maximum Gasteiger partial charge on any atom is 0.168 e. The van der Waals surface area contributed by atoms with Crippen molar-refractivity contribution in [2.24, 2.45) is 0 Å². The van der Waals surface area contributed by atoms with Crippen LogP contribution in [-0.2, 0) is 0 Å². The van der Waals surface area contributed by atoms with Crippen molar-refractivity contribution in [2.75, 3.05) is 25.0 Å². The SMILES string of the molecule is CCOc1cccnc1NC1CCCNCC1. The van der Waals surface area contributed by atoms with E-state index in [2.05, 4.69) is 15.6 Å². The topological polar surface area (TPSA) is 46.2 Å². The van der Waals surface area contributed by atoms with E-state index in [9.17, 15) is 0 Å². The number of nitrogens with one attached hydrogen (secondary N) is 2. The zero-order valence-electron chi connectivity index (χ0n) is 10.4. The molecular weight excluding hydrogens is 214 g/mol. The molecular formula is C13H21N3O. The van der Waals surface area contributed by atoms with Crippen molar-refractivity contribution in [3.63, 3.8) is 0 Å². The third-order valence-electron chi connectivity index (χ3n) is 2.99. The number of hydrogen-bond acceptors (Lipinski definition) is 4. The Labute approximate surface area is 103 Å². The smallest absolute Gasteiger partial charge is 0.168 e. The van der Waals surface area contributed by atoms with Gasteiger partial charge in [-0.05, 0) is 51.4 Å². The molecule has 1 unspecified atom stereocenters. The predicted molar refractivity (Wildman–Crippen MR) is 69.5 cm³/mol. The van der Waals surface area contributed by atoms with Crippen molar-refractivity contribution in [1.82, 2.24) is 10.3 Å². The van der Waals surface area contributed by atoms with Gasteiger partial charge in [0.1, 0.15) is 0 Å². The molecule has 1 fully saturated rings. The minimum atomic E-state index is 0.499. The standard InChI is InChI=1S/C13H21N3O/c1-2-17-12-6-4-9-15-13(12)16-11-5-3-8-14-10-7-11/h4,6,9,11,14H,2-3,5,7-8,10H2,1H3,(H,15,16). The Morgan fingerprint density at radius 1 is 1.47 bits per heavy atom. The Hall–Kier alpha value is -1.29. The van der Waals surface area contributed by atoms with E-state index < -0.39 is 0 Å². The lowest BCUT2D eigenvalue weighted by molar-refractivity contribution is 0.340. The highest BCUT2D eigenvalue weighted by atomic mass is 16.5. The second kappa shape index (κ2) is 6.45. The Morgan fingerprint density at radius 2 is 2.41 bits per heavy atom. The maximum atomic E-state index is 5.57. The van der Waals surface area contributed by atoms with Crippen LogP contribution in [0.5, 0.6) is 5.75 Å². The summed E-state index contributed by atoms with van der Waals surface area (Å²) in [5, 5.41) is 6.91. The van der Waals surface area contributed by atoms with Crippen LogP contribution in [0.25, 0.3) is 0 Å². The fourth-order valence-corrected chi connectivity index (χ4v) is 2.13. The summed E-state index contributed by atoms with van der Waals surface area (Å²) < 4.78 is 5.57. The van der Waals surface area contributed by atoms with Crippen molar-refractivity contribution in [3.8, 4) is 5.75 Å². The average molecular weight is 235 g/mol. The second-order valence-corrected chi connectivity index (χ2v) is 4.31. The largest absolute Gasteiger partial charge is 0.490 e. The maximum absolute atomic E-state index is 5.57. The number of anilines is 1. The first-order valence-electron chi connectivity index (χ1n) is 6.45. The van der Waals surface area contributed by atoms with Gasteiger partial charge in [-0.25, -0.2) is 4.98 Å². The van der Waals surface area contributed by atoms with Crippen LogP contribution in [0.2, 0.25) is 0 Å². The van der Waals surface area contributed by atoms with E-state index in [0.29, 0.717) is 12.6 Å². The first-order valence-corrected chi connectivity index (χ1v) is 6.45. The lowest BCUT2D eigenvalue weighted by atomic mass is 10.1. The van der Waals surface area contributed by atoms with Gasteiger partial charge in [-0.15, -0.1) is 0 Å². The van der Waals surface area contributed by atoms with Gasteiger partial charge in [-0.1, -0.05) is 0 Å². The molecule has 1 atom stereocenters. The van der Waals surface area contributed by atoms with Crippen LogP contribution in [0.4, 0.5) is 5.82 Å². The molecule has 1 aliphatic rings. The minimum Gasteiger partial charge on any atom is -0.490 e. The molecule has 0 aliphatic carbocycles. The Kier molecular flexibility index (Phi) is 4.62. The summed E-state index contributed by atoms with van der Waals surface area (Å²) in [5.41, 5.74) is 0. The third kappa shape index (κ3) is 3.60. The molecule has 2 heterocycles. The Bertz CT molecular complexity index is 335. The first kappa shape index (κ1) is 12.2. The number of rotatable bonds is 4. The molecule has 2 rings (SSSR count). The van der Waals surface area contributed by atoms with Crippen LogP contribution < -0.4 is 15.4 Å². The molecule has 0 bridgehead atoms. The van der Waals surface area contributed by atoms with Gasteiger partial charge in [-0.3, -0.25) is 0 Å². The second-order valence-electron chi connectivity index (χ2n) is 4.31. The van der Waals surface area contributed by atoms with E-state index in [4.69, 9.17) is 4.74 Å². The molecule has 0 amide bonds. The van der Waals surface area contributed by atoms with E-state index in [-0.39, 0.29) is 0 Å². The molecule has 1 aromatic rings. The number of ether oxygens (including phenoxy) is 1. The molecule has 2 N–H and O–H groups in total. The zero-order valence-corrected chi connectivity index (χ0v) is 10.4. The Morgan fingerprint density at radius 3 is 3.29 bits per heavy atom. The van der Waals surface area contributed by atoms with Crippen molar-refractivity contribution in [3.05, 3.63) is 18.3 Å². The van der Waals surface area contributed by atoms with Crippen molar-refractivity contribution >= 4 is 5.82 Å². The molecule has 17 heavy (non-hydrogen) atoms. The van der Waals surface area contributed by atoms with Gasteiger partial charge in [0.05, 0.1) is 6.61 Å². The molecule has 4 nitrogen and oxygen atoms in total. The Balaban J connectivity index is 2.00. The van der Waals surface area contributed by atoms with Gasteiger partial charge in [0.25, 0.3) is 0 Å². The fraction of sp³-hybridized carbons (Fsp3) is 0.615. The monoisotopic (exact) mass is 235 g/mol. The molecule has 1 aliphatic heterocycles. The van der Waals surface area contributed by atoms with E-state index in [1.165, 1.54) is 12.8 Å². The van der Waals surface area contributed by atoms with E-state index in [1.54, 1.807) is 6.20 Å². The highest BCUT2D eigenvalue weighted by molar-refractivity contribution is 5.50. The molecule has 0 aromatic carbocycles. The van der Waals surface area contributed by atoms with Gasteiger partial charge >= 0.3 is 0 Å². The van der Waals surface area contributed by atoms with Gasteiger partial charge in [-0.2, -0.15) is 0 Å². The molecule has 1 saturated heterocycles. The lowest BCUT2D eigenvalue weighted by Gasteiger charge is -2.18. The molecule has 0 spiro atoms. The summed E-state index contributed by atoms with van der Waals surface area (Å²) >= 11 is 0. The van der Waals surface area contributed by atoms with Crippen molar-refractivity contribution in [1.29, 1.82) is 0 Å². The molecule has 94 valence electrons. The van der Waals surface area contributed by atoms with Crippen LogP contribution in [0.3, 0.4) is 0 Å². The molecule has 1 aromatic heterocycles. The zero-order chi connectivity index (χ0) is 11.9. The van der Waals surface area contributed by atoms with E-state index in [1.807, 2.05) is 19.1 Å². The van der Waals surface area contributed by atoms with Crippen LogP contribution in [-0.4, -0.2) is 30.7 Å². The lowest BCUT2D eigenvalue weighted by Crippen LogP contribution is -2.22. The summed E-state index contributed by atoms with van der Waals surface area (Å²) in [7, 11) is 0. The normalized spacial score (nSPS) is 20.6. The first-order chi connectivity index (χ1) is 8.40. The summed E-state index contributed by atoms with van der Waals surface area (Å²) in [5.74, 6) is 1.73. The van der Waals surface area contributed by atoms with Crippen molar-refractivity contribution in [2.45, 2.75) is 32.2 Å². The van der Waals surface area contributed by atoms with Gasteiger partial charge < -0.3 is 15.4 Å². The van der Waals surface area contributed by atoms with Gasteiger partial charge in [0, 0.05) is 12.2 Å². The highest BCUT2D eigenvalue weighted by Gasteiger charge is 2.14. The molecule has 4 heteroatoms. The molecule has 0 saturated carbocycles. The van der Waals surface area contributed by atoms with Crippen LogP contribution in [0.15, 0.2) is 18.3 Å². The van der Waals surface area contributed by atoms with Crippen molar-refractivity contribution < 1.29 is 4.74 Å². The number of aromatic nitrogens is 1. The van der Waals surface area contributed by atoms with Gasteiger partial charge in [0.15, 0.2) is 11.6 Å². The summed E-state index contributed by atoms with van der Waals surface area (Å²) in [6, 6.07) is 4.37. The summed E-state index contributed by atoms with van der Waals surface area (Å²) in [6.07, 6.45) is 5.35. The number of nitrogens with zero attached hydrogens (tertiary/aromatic N) is 1. The predicted octanol–water partition coefficient (Wildman–Crippen LogP) is 2.03. The van der Waals surface area contributed by atoms with Crippen LogP contribution in [0, 0.1) is 0 Å². The van der Waals surface area contributed by atoms with E-state index >= 15 is 0 Å². The summed E-state index contributed by atoms with van der Waals surface area (Å²) in [6.45, 7) is 4.87. The minimum absolute atomic E-state index is 0.499.